The fourth-order valence-corrected chi connectivity index (χ4v) is 2.84. The number of benzene rings is 2. The molecule has 2 aromatic carbocycles. The Bertz CT molecular complexity index is 995. The number of nitrogens with one attached hydrogen (secondary N) is 1. The summed E-state index contributed by atoms with van der Waals surface area (Å²) < 4.78 is 15.4. The number of aryl methyl sites for hydroxylation is 1. The maximum Gasteiger partial charge on any atom is 0.306 e. The maximum atomic E-state index is 12.1. The molecule has 2 aromatic rings. The Labute approximate surface area is 173 Å². The van der Waals surface area contributed by atoms with E-state index in [2.05, 4.69) is 5.32 Å². The zero-order chi connectivity index (χ0) is 21.7. The molecule has 0 atom stereocenters. The molecule has 0 aliphatic carbocycles. The van der Waals surface area contributed by atoms with Gasteiger partial charge in [0.25, 0.3) is 5.91 Å². The van der Waals surface area contributed by atoms with Gasteiger partial charge in [-0.15, -0.1) is 0 Å². The van der Waals surface area contributed by atoms with E-state index in [1.165, 1.54) is 19.1 Å². The van der Waals surface area contributed by atoms with Gasteiger partial charge < -0.3 is 19.5 Å². The number of esters is 1. The minimum atomic E-state index is -0.664. The van der Waals surface area contributed by atoms with Crippen molar-refractivity contribution in [1.29, 1.82) is 0 Å². The van der Waals surface area contributed by atoms with Crippen LogP contribution in [0.4, 0.5) is 5.69 Å². The lowest BCUT2D eigenvalue weighted by molar-refractivity contribution is -0.147. The Hall–Kier alpha value is -3.68. The van der Waals surface area contributed by atoms with Gasteiger partial charge in [0.05, 0.1) is 12.1 Å². The molecule has 0 unspecified atom stereocenters. The van der Waals surface area contributed by atoms with Crippen molar-refractivity contribution >= 4 is 29.1 Å². The van der Waals surface area contributed by atoms with Gasteiger partial charge in [0.15, 0.2) is 29.7 Å². The van der Waals surface area contributed by atoms with Crippen LogP contribution in [0.25, 0.3) is 0 Å². The molecular formula is C22H21NO7. The molecule has 1 heterocycles. The van der Waals surface area contributed by atoms with E-state index in [1.54, 1.807) is 12.1 Å². The van der Waals surface area contributed by atoms with Gasteiger partial charge in [-0.25, -0.2) is 0 Å². The van der Waals surface area contributed by atoms with Crippen molar-refractivity contribution in [3.63, 3.8) is 0 Å². The summed E-state index contributed by atoms with van der Waals surface area (Å²) in [7, 11) is 0. The molecule has 1 aliphatic heterocycles. The molecule has 0 aromatic heterocycles. The van der Waals surface area contributed by atoms with Gasteiger partial charge in [-0.1, -0.05) is 29.8 Å². The van der Waals surface area contributed by atoms with Crippen LogP contribution in [0.3, 0.4) is 0 Å². The molecule has 0 fully saturated rings. The number of rotatable bonds is 8. The first kappa shape index (κ1) is 21.0. The summed E-state index contributed by atoms with van der Waals surface area (Å²) in [4.78, 5) is 47.9. The average Bonchev–Trinajstić information content (AvgIpc) is 3.17. The summed E-state index contributed by atoms with van der Waals surface area (Å²) in [5.74, 6) is -0.902. The van der Waals surface area contributed by atoms with E-state index in [1.807, 2.05) is 19.1 Å². The fraction of sp³-hybridized carbons (Fsp3) is 0.273. The Morgan fingerprint density at radius 3 is 2.33 bits per heavy atom. The van der Waals surface area contributed by atoms with Crippen LogP contribution in [0.2, 0.25) is 0 Å². The highest BCUT2D eigenvalue weighted by Crippen LogP contribution is 2.37. The predicted octanol–water partition coefficient (Wildman–Crippen LogP) is 3.07. The van der Waals surface area contributed by atoms with Crippen LogP contribution >= 0.6 is 0 Å². The van der Waals surface area contributed by atoms with E-state index >= 15 is 0 Å². The van der Waals surface area contributed by atoms with Gasteiger partial charge in [0.2, 0.25) is 6.79 Å². The third-order valence-electron chi connectivity index (χ3n) is 4.46. The van der Waals surface area contributed by atoms with E-state index in [0.717, 1.165) is 5.56 Å². The Kier molecular flexibility index (Phi) is 6.46. The quantitative estimate of drug-likeness (QED) is 0.525. The van der Waals surface area contributed by atoms with E-state index in [9.17, 15) is 19.2 Å². The summed E-state index contributed by atoms with van der Waals surface area (Å²) in [5, 5.41) is 2.53. The van der Waals surface area contributed by atoms with E-state index in [4.69, 9.17) is 14.2 Å². The standard InChI is InChI=1S/C22H21NO7/c1-13-3-5-15(6-4-13)18(25)7-8-22(27)28-11-21(26)23-17-10-20-19(29-12-30-20)9-16(17)14(2)24/h3-6,9-10H,7-8,11-12H2,1-2H3,(H,23,26). The molecule has 0 saturated carbocycles. The number of ketones is 2. The van der Waals surface area contributed by atoms with Crippen molar-refractivity contribution in [2.24, 2.45) is 0 Å². The Morgan fingerprint density at radius 2 is 1.67 bits per heavy atom. The second kappa shape index (κ2) is 9.21. The number of anilines is 1. The number of hydrogen-bond acceptors (Lipinski definition) is 7. The highest BCUT2D eigenvalue weighted by molar-refractivity contribution is 6.05. The SMILES string of the molecule is CC(=O)c1cc2c(cc1NC(=O)COC(=O)CCC(=O)c1ccc(C)cc1)OCO2. The van der Waals surface area contributed by atoms with Crippen LogP contribution in [0.15, 0.2) is 36.4 Å². The summed E-state index contributed by atoms with van der Waals surface area (Å²) in [6.45, 7) is 2.77. The number of ether oxygens (including phenoxy) is 3. The second-order valence-electron chi connectivity index (χ2n) is 6.81. The third kappa shape index (κ3) is 5.22. The summed E-state index contributed by atoms with van der Waals surface area (Å²) in [6.07, 6.45) is -0.150. The van der Waals surface area contributed by atoms with Gasteiger partial charge in [-0.2, -0.15) is 0 Å². The molecule has 1 aliphatic rings. The number of Topliss-reactive ketones (excluding diaryl/α,β-unsaturated/α-hetero) is 2. The van der Waals surface area contributed by atoms with Gasteiger partial charge in [0.1, 0.15) is 0 Å². The van der Waals surface area contributed by atoms with Gasteiger partial charge >= 0.3 is 5.97 Å². The second-order valence-corrected chi connectivity index (χ2v) is 6.81. The van der Waals surface area contributed by atoms with Crippen LogP contribution in [-0.4, -0.2) is 36.8 Å². The highest BCUT2D eigenvalue weighted by atomic mass is 16.7. The lowest BCUT2D eigenvalue weighted by Gasteiger charge is -2.11. The normalized spacial score (nSPS) is 11.7. The fourth-order valence-electron chi connectivity index (χ4n) is 2.84. The van der Waals surface area contributed by atoms with Crippen LogP contribution in [0.1, 0.15) is 46.0 Å². The smallest absolute Gasteiger partial charge is 0.306 e. The zero-order valence-corrected chi connectivity index (χ0v) is 16.7. The van der Waals surface area contributed by atoms with E-state index < -0.39 is 18.5 Å². The minimum Gasteiger partial charge on any atom is -0.456 e. The van der Waals surface area contributed by atoms with Crippen LogP contribution < -0.4 is 14.8 Å². The molecule has 156 valence electrons. The lowest BCUT2D eigenvalue weighted by Crippen LogP contribution is -2.22. The Balaban J connectivity index is 1.50. The monoisotopic (exact) mass is 411 g/mol. The summed E-state index contributed by atoms with van der Waals surface area (Å²) in [6, 6.07) is 10.0. The molecular weight excluding hydrogens is 390 g/mol. The first-order chi connectivity index (χ1) is 14.3. The van der Waals surface area contributed by atoms with Crippen LogP contribution in [0, 0.1) is 6.92 Å². The molecule has 30 heavy (non-hydrogen) atoms. The lowest BCUT2D eigenvalue weighted by atomic mass is 10.1. The van der Waals surface area contributed by atoms with E-state index in [-0.39, 0.29) is 42.5 Å². The van der Waals surface area contributed by atoms with Crippen molar-refractivity contribution in [3.8, 4) is 11.5 Å². The zero-order valence-electron chi connectivity index (χ0n) is 16.7. The number of carbonyl (C=O) groups excluding carboxylic acids is 4. The highest BCUT2D eigenvalue weighted by Gasteiger charge is 2.21. The molecule has 0 spiro atoms. The average molecular weight is 411 g/mol. The molecule has 0 bridgehead atoms. The summed E-state index contributed by atoms with van der Waals surface area (Å²) >= 11 is 0. The van der Waals surface area contributed by atoms with Crippen molar-refractivity contribution in [2.45, 2.75) is 26.7 Å². The van der Waals surface area contributed by atoms with Crippen molar-refractivity contribution in [2.75, 3.05) is 18.7 Å². The molecule has 8 nitrogen and oxygen atoms in total. The summed E-state index contributed by atoms with van der Waals surface area (Å²) in [5.41, 5.74) is 2.04. The van der Waals surface area contributed by atoms with Gasteiger partial charge in [0, 0.05) is 23.6 Å². The van der Waals surface area contributed by atoms with Crippen LogP contribution in [0.5, 0.6) is 11.5 Å². The third-order valence-corrected chi connectivity index (χ3v) is 4.46. The predicted molar refractivity (Wildman–Crippen MR) is 107 cm³/mol. The number of fused-ring (bicyclic) bond motifs is 1. The minimum absolute atomic E-state index is 0.0137. The largest absolute Gasteiger partial charge is 0.456 e. The number of amides is 1. The van der Waals surface area contributed by atoms with Gasteiger partial charge in [-0.3, -0.25) is 19.2 Å². The van der Waals surface area contributed by atoms with E-state index in [0.29, 0.717) is 17.1 Å². The van der Waals surface area contributed by atoms with Crippen molar-refractivity contribution < 1.29 is 33.4 Å². The molecule has 3 rings (SSSR count). The maximum absolute atomic E-state index is 12.1. The van der Waals surface area contributed by atoms with Crippen molar-refractivity contribution in [1.82, 2.24) is 0 Å². The molecule has 0 radical (unpaired) electrons. The molecule has 8 heteroatoms. The Morgan fingerprint density at radius 1 is 1.00 bits per heavy atom. The first-order valence-corrected chi connectivity index (χ1v) is 9.33. The molecule has 1 amide bonds. The van der Waals surface area contributed by atoms with Crippen LogP contribution in [-0.2, 0) is 14.3 Å². The topological polar surface area (TPSA) is 108 Å². The molecule has 0 saturated heterocycles. The number of hydrogen-bond donors (Lipinski definition) is 1. The number of carbonyl (C=O) groups is 4. The van der Waals surface area contributed by atoms with Gasteiger partial charge in [-0.05, 0) is 19.9 Å². The first-order valence-electron chi connectivity index (χ1n) is 9.33. The molecule has 1 N–H and O–H groups in total. The van der Waals surface area contributed by atoms with Crippen molar-refractivity contribution in [3.05, 3.63) is 53.1 Å².